The predicted octanol–water partition coefficient (Wildman–Crippen LogP) is 3.15. The highest BCUT2D eigenvalue weighted by Crippen LogP contribution is 2.27. The molecule has 1 aliphatic rings. The number of guanidine groups is 1. The first kappa shape index (κ1) is 20.0. The highest BCUT2D eigenvalue weighted by Gasteiger charge is 2.22. The van der Waals surface area contributed by atoms with Crippen molar-refractivity contribution < 1.29 is 9.53 Å². The number of hydrogen-bond donors (Lipinski definition) is 3. The van der Waals surface area contributed by atoms with Gasteiger partial charge in [-0.15, -0.1) is 0 Å². The third-order valence-electron chi connectivity index (χ3n) is 4.62. The van der Waals surface area contributed by atoms with Crippen molar-refractivity contribution in [1.29, 1.82) is 0 Å². The van der Waals surface area contributed by atoms with Crippen LogP contribution in [0.1, 0.15) is 17.5 Å². The Balaban J connectivity index is 1.39. The summed E-state index contributed by atoms with van der Waals surface area (Å²) in [7, 11) is 1.70. The molecule has 2 aromatic rings. The van der Waals surface area contributed by atoms with Crippen LogP contribution in [0.5, 0.6) is 5.75 Å². The van der Waals surface area contributed by atoms with Gasteiger partial charge in [0, 0.05) is 37.1 Å². The molecular formula is C21H25ClN4O2. The minimum absolute atomic E-state index is 0.0741. The Morgan fingerprint density at radius 3 is 2.82 bits per heavy atom. The normalized spacial score (nSPS) is 15.5. The van der Waals surface area contributed by atoms with Crippen molar-refractivity contribution in [1.82, 2.24) is 10.6 Å². The maximum atomic E-state index is 12.2. The van der Waals surface area contributed by atoms with E-state index in [4.69, 9.17) is 16.3 Å². The van der Waals surface area contributed by atoms with E-state index in [0.717, 1.165) is 23.4 Å². The number of hydrogen-bond acceptors (Lipinski definition) is 3. The van der Waals surface area contributed by atoms with Gasteiger partial charge in [0.25, 0.3) is 0 Å². The van der Waals surface area contributed by atoms with Crippen molar-refractivity contribution >= 4 is 29.2 Å². The molecule has 1 atom stereocenters. The van der Waals surface area contributed by atoms with Crippen molar-refractivity contribution in [3.63, 3.8) is 0 Å². The zero-order valence-corrected chi connectivity index (χ0v) is 16.8. The van der Waals surface area contributed by atoms with Crippen LogP contribution >= 0.6 is 11.6 Å². The van der Waals surface area contributed by atoms with Crippen LogP contribution in [0.25, 0.3) is 0 Å². The minimum atomic E-state index is -0.0807. The first-order valence-electron chi connectivity index (χ1n) is 9.31. The Morgan fingerprint density at radius 2 is 2.04 bits per heavy atom. The first-order valence-corrected chi connectivity index (χ1v) is 9.68. The first-order chi connectivity index (χ1) is 13.6. The summed E-state index contributed by atoms with van der Waals surface area (Å²) in [5.41, 5.74) is 2.82. The molecule has 1 aliphatic heterocycles. The second-order valence-electron chi connectivity index (χ2n) is 6.64. The second-order valence-corrected chi connectivity index (χ2v) is 7.05. The van der Waals surface area contributed by atoms with Crippen molar-refractivity contribution in [2.75, 3.05) is 25.5 Å². The molecule has 3 N–H and O–H groups in total. The molecule has 1 unspecified atom stereocenters. The lowest BCUT2D eigenvalue weighted by molar-refractivity contribution is -0.116. The van der Waals surface area contributed by atoms with Gasteiger partial charge in [0.2, 0.25) is 5.91 Å². The third kappa shape index (κ3) is 5.16. The lowest BCUT2D eigenvalue weighted by Crippen LogP contribution is -2.43. The molecule has 0 aliphatic carbocycles. The van der Waals surface area contributed by atoms with Crippen LogP contribution in [-0.4, -0.2) is 38.1 Å². The van der Waals surface area contributed by atoms with Crippen molar-refractivity contribution in [3.05, 3.63) is 58.6 Å². The summed E-state index contributed by atoms with van der Waals surface area (Å²) in [5, 5.41) is 9.93. The number of aliphatic imine (C=N–C) groups is 1. The van der Waals surface area contributed by atoms with Crippen LogP contribution in [0.15, 0.2) is 47.5 Å². The fraction of sp³-hybridized carbons (Fsp3) is 0.333. The number of rotatable bonds is 6. The standard InChI is InChI=1S/C21H25ClN4O2/c1-14-17(22)7-5-8-18(14)26-20(27)10-11-24-21(23-2)25-13-16-12-15-6-3-4-9-19(15)28-16/h3-9,16H,10-13H2,1-2H3,(H,26,27)(H2,23,24,25). The molecule has 28 heavy (non-hydrogen) atoms. The Bertz CT molecular complexity index is 844. The summed E-state index contributed by atoms with van der Waals surface area (Å²) in [6.45, 7) is 2.99. The van der Waals surface area contributed by atoms with E-state index in [-0.39, 0.29) is 12.0 Å². The molecule has 6 nitrogen and oxygen atoms in total. The number of carbonyl (C=O) groups excluding carboxylic acids is 1. The highest BCUT2D eigenvalue weighted by atomic mass is 35.5. The second kappa shape index (κ2) is 9.46. The molecule has 1 heterocycles. The average Bonchev–Trinajstić information content (AvgIpc) is 3.11. The van der Waals surface area contributed by atoms with Crippen LogP contribution in [0.4, 0.5) is 5.69 Å². The van der Waals surface area contributed by atoms with Crippen LogP contribution in [0, 0.1) is 6.92 Å². The van der Waals surface area contributed by atoms with E-state index < -0.39 is 0 Å². The van der Waals surface area contributed by atoms with Crippen molar-refractivity contribution in [2.45, 2.75) is 25.9 Å². The molecule has 0 aromatic heterocycles. The molecule has 0 spiro atoms. The number of nitrogens with zero attached hydrogens (tertiary/aromatic N) is 1. The average molecular weight is 401 g/mol. The number of anilines is 1. The van der Waals surface area contributed by atoms with E-state index in [1.807, 2.05) is 37.3 Å². The van der Waals surface area contributed by atoms with Crippen LogP contribution in [0.2, 0.25) is 5.02 Å². The van der Waals surface area contributed by atoms with Crippen LogP contribution < -0.4 is 20.7 Å². The van der Waals surface area contributed by atoms with E-state index in [0.29, 0.717) is 30.5 Å². The molecule has 0 saturated heterocycles. The summed E-state index contributed by atoms with van der Waals surface area (Å²) >= 11 is 6.08. The maximum absolute atomic E-state index is 12.2. The number of para-hydroxylation sites is 1. The number of ether oxygens (including phenoxy) is 1. The molecule has 7 heteroatoms. The molecule has 1 amide bonds. The topological polar surface area (TPSA) is 74.8 Å². The number of halogens is 1. The largest absolute Gasteiger partial charge is 0.488 e. The van der Waals surface area contributed by atoms with Gasteiger partial charge in [0.15, 0.2) is 5.96 Å². The number of amides is 1. The van der Waals surface area contributed by atoms with Gasteiger partial charge in [-0.2, -0.15) is 0 Å². The van der Waals surface area contributed by atoms with E-state index in [9.17, 15) is 4.79 Å². The summed E-state index contributed by atoms with van der Waals surface area (Å²) in [4.78, 5) is 16.4. The van der Waals surface area contributed by atoms with E-state index >= 15 is 0 Å². The molecule has 2 aromatic carbocycles. The lowest BCUT2D eigenvalue weighted by atomic mass is 10.1. The molecule has 0 bridgehead atoms. The summed E-state index contributed by atoms with van der Waals surface area (Å²) in [6.07, 6.45) is 1.27. The maximum Gasteiger partial charge on any atom is 0.226 e. The molecular weight excluding hydrogens is 376 g/mol. The Morgan fingerprint density at radius 1 is 1.21 bits per heavy atom. The zero-order chi connectivity index (χ0) is 19.9. The molecule has 148 valence electrons. The summed E-state index contributed by atoms with van der Waals surface area (Å²) in [5.74, 6) is 1.51. The number of fused-ring (bicyclic) bond motifs is 1. The van der Waals surface area contributed by atoms with Gasteiger partial charge < -0.3 is 20.7 Å². The Hall–Kier alpha value is -2.73. The smallest absolute Gasteiger partial charge is 0.226 e. The fourth-order valence-electron chi connectivity index (χ4n) is 3.05. The molecule has 0 fully saturated rings. The van der Waals surface area contributed by atoms with E-state index in [2.05, 4.69) is 27.0 Å². The molecule has 0 saturated carbocycles. The van der Waals surface area contributed by atoms with Gasteiger partial charge in [-0.1, -0.05) is 35.9 Å². The molecule has 0 radical (unpaired) electrons. The Kier molecular flexibility index (Phi) is 6.76. The Labute approximate surface area is 170 Å². The van der Waals surface area contributed by atoms with Crippen LogP contribution in [0.3, 0.4) is 0 Å². The quantitative estimate of drug-likeness (QED) is 0.514. The number of benzene rings is 2. The predicted molar refractivity (Wildman–Crippen MR) is 113 cm³/mol. The van der Waals surface area contributed by atoms with Crippen molar-refractivity contribution in [2.24, 2.45) is 4.99 Å². The lowest BCUT2D eigenvalue weighted by Gasteiger charge is -2.15. The minimum Gasteiger partial charge on any atom is -0.488 e. The molecule has 3 rings (SSSR count). The van der Waals surface area contributed by atoms with Gasteiger partial charge in [0.05, 0.1) is 6.54 Å². The van der Waals surface area contributed by atoms with Gasteiger partial charge in [0.1, 0.15) is 11.9 Å². The third-order valence-corrected chi connectivity index (χ3v) is 5.03. The van der Waals surface area contributed by atoms with Gasteiger partial charge >= 0.3 is 0 Å². The van der Waals surface area contributed by atoms with E-state index in [1.54, 1.807) is 13.1 Å². The number of nitrogens with one attached hydrogen (secondary N) is 3. The van der Waals surface area contributed by atoms with Gasteiger partial charge in [-0.05, 0) is 36.2 Å². The monoisotopic (exact) mass is 400 g/mol. The van der Waals surface area contributed by atoms with Crippen molar-refractivity contribution in [3.8, 4) is 5.75 Å². The zero-order valence-electron chi connectivity index (χ0n) is 16.1. The number of carbonyl (C=O) groups is 1. The SMILES string of the molecule is CN=C(NCCC(=O)Nc1cccc(Cl)c1C)NCC1Cc2ccccc2O1. The highest BCUT2D eigenvalue weighted by molar-refractivity contribution is 6.31. The van der Waals surface area contributed by atoms with Crippen LogP contribution in [-0.2, 0) is 11.2 Å². The van der Waals surface area contributed by atoms with Gasteiger partial charge in [-0.3, -0.25) is 9.79 Å². The summed E-state index contributed by atoms with van der Waals surface area (Å²) in [6, 6.07) is 13.5. The summed E-state index contributed by atoms with van der Waals surface area (Å²) < 4.78 is 5.91. The fourth-order valence-corrected chi connectivity index (χ4v) is 3.22. The van der Waals surface area contributed by atoms with Gasteiger partial charge in [-0.25, -0.2) is 0 Å². The van der Waals surface area contributed by atoms with E-state index in [1.165, 1.54) is 5.56 Å².